The van der Waals surface area contributed by atoms with Gasteiger partial charge in [-0.2, -0.15) is 0 Å². The van der Waals surface area contributed by atoms with Gasteiger partial charge in [-0.1, -0.05) is 24.3 Å². The molecule has 5 N–H and O–H groups in total. The number of nitrogens with one attached hydrogen (secondary N) is 1. The maximum Gasteiger partial charge on any atom is 0.404 e. The lowest BCUT2D eigenvalue weighted by molar-refractivity contribution is -0.137. The molecule has 0 heterocycles. The predicted octanol–water partition coefficient (Wildman–Crippen LogP) is 1.64. The third-order valence-corrected chi connectivity index (χ3v) is 2.09. The molecule has 24 heavy (non-hydrogen) atoms. The molecule has 0 aromatic heterocycles. The van der Waals surface area contributed by atoms with Gasteiger partial charge in [0.05, 0.1) is 0 Å². The fourth-order valence-electron chi connectivity index (χ4n) is 1.25. The number of primary amides is 1. The summed E-state index contributed by atoms with van der Waals surface area (Å²) in [6, 6.07) is 7.18. The van der Waals surface area contributed by atoms with Crippen molar-refractivity contribution in [2.24, 2.45) is 5.73 Å². The summed E-state index contributed by atoms with van der Waals surface area (Å²) < 4.78 is 4.25. The molecule has 0 atom stereocenters. The van der Waals surface area contributed by atoms with Gasteiger partial charge in [-0.05, 0) is 17.5 Å². The van der Waals surface area contributed by atoms with Gasteiger partial charge in [0.15, 0.2) is 0 Å². The van der Waals surface area contributed by atoms with E-state index in [2.05, 4.69) is 28.9 Å². The Morgan fingerprint density at radius 3 is 1.88 bits per heavy atom. The number of carbonyl (C=O) groups is 3. The third-order valence-electron chi connectivity index (χ3n) is 2.09. The number of aryl methyl sites for hydroxylation is 1. The van der Waals surface area contributed by atoms with Gasteiger partial charge in [-0.25, -0.2) is 4.79 Å². The van der Waals surface area contributed by atoms with Gasteiger partial charge in [-0.15, -0.1) is 13.2 Å². The van der Waals surface area contributed by atoms with E-state index in [1.54, 1.807) is 26.4 Å². The summed E-state index contributed by atoms with van der Waals surface area (Å²) >= 11 is 0. The first-order valence-corrected chi connectivity index (χ1v) is 6.73. The van der Waals surface area contributed by atoms with Crippen molar-refractivity contribution in [3.05, 3.63) is 48.6 Å². The largest absolute Gasteiger partial charge is 0.481 e. The van der Waals surface area contributed by atoms with Gasteiger partial charge in [0, 0.05) is 27.2 Å². The highest BCUT2D eigenvalue weighted by Gasteiger charge is 2.00. The monoisotopic (exact) mass is 342 g/mol. The standard InChI is InChI=1S/C11H13NO4.C2H6O.C2H4.CH3NO/c13-10(14)6-5-8-1-3-9(4-2-8)7-12-11(15)16;1-3-2;1-2;2-1-3/h1-4,12H,5-7H2,(H,13,14)(H,15,16);1-2H3;1-2H2;1H,(H2,2,3). The molecule has 2 amide bonds. The molecule has 0 aliphatic rings. The Labute approximate surface area is 141 Å². The van der Waals surface area contributed by atoms with Gasteiger partial charge in [0.1, 0.15) is 0 Å². The van der Waals surface area contributed by atoms with Crippen LogP contribution in [0.15, 0.2) is 37.4 Å². The summed E-state index contributed by atoms with van der Waals surface area (Å²) in [5.74, 6) is -0.823. The number of carboxylic acid groups (broad SMARTS) is 2. The van der Waals surface area contributed by atoms with E-state index in [4.69, 9.17) is 15.0 Å². The van der Waals surface area contributed by atoms with Gasteiger partial charge in [0.2, 0.25) is 6.41 Å². The van der Waals surface area contributed by atoms with E-state index < -0.39 is 12.1 Å². The minimum absolute atomic E-state index is 0.104. The van der Waals surface area contributed by atoms with E-state index in [9.17, 15) is 9.59 Å². The van der Waals surface area contributed by atoms with Crippen molar-refractivity contribution >= 4 is 18.5 Å². The molecular weight excluding hydrogens is 316 g/mol. The van der Waals surface area contributed by atoms with Crippen LogP contribution in [0.3, 0.4) is 0 Å². The summed E-state index contributed by atoms with van der Waals surface area (Å²) in [6.45, 7) is 6.26. The maximum atomic E-state index is 10.3. The molecule has 0 aliphatic carbocycles. The summed E-state index contributed by atoms with van der Waals surface area (Å²) in [6.07, 6.45) is -0.218. The number of methoxy groups -OCH3 is 1. The molecular formula is C16H26N2O6. The van der Waals surface area contributed by atoms with Crippen LogP contribution in [0.2, 0.25) is 0 Å². The Morgan fingerprint density at radius 1 is 1.17 bits per heavy atom. The first kappa shape index (κ1) is 26.0. The number of nitrogens with two attached hydrogens (primary N) is 1. The van der Waals surface area contributed by atoms with Crippen LogP contribution in [0.4, 0.5) is 4.79 Å². The highest BCUT2D eigenvalue weighted by Crippen LogP contribution is 2.06. The van der Waals surface area contributed by atoms with E-state index in [1.165, 1.54) is 0 Å². The number of hydrogen-bond donors (Lipinski definition) is 4. The summed E-state index contributed by atoms with van der Waals surface area (Å²) in [7, 11) is 3.25. The third kappa shape index (κ3) is 21.4. The first-order chi connectivity index (χ1) is 11.4. The van der Waals surface area contributed by atoms with Crippen LogP contribution in [0.25, 0.3) is 0 Å². The zero-order chi connectivity index (χ0) is 19.4. The fraction of sp³-hybridized carbons (Fsp3) is 0.312. The number of carboxylic acids is 1. The Bertz CT molecular complexity index is 411. The van der Waals surface area contributed by atoms with Crippen molar-refractivity contribution in [2.75, 3.05) is 14.2 Å². The van der Waals surface area contributed by atoms with Crippen LogP contribution >= 0.6 is 0 Å². The quantitative estimate of drug-likeness (QED) is 0.474. The van der Waals surface area contributed by atoms with Gasteiger partial charge >= 0.3 is 12.1 Å². The normalized spacial score (nSPS) is 7.92. The molecule has 136 valence electrons. The molecule has 1 rings (SSSR count). The highest BCUT2D eigenvalue weighted by atomic mass is 16.4. The number of rotatable bonds is 5. The molecule has 0 aliphatic heterocycles. The molecule has 0 saturated heterocycles. The van der Waals surface area contributed by atoms with E-state index in [0.29, 0.717) is 6.42 Å². The fourth-order valence-corrected chi connectivity index (χ4v) is 1.25. The molecule has 1 aromatic rings. The molecule has 8 heteroatoms. The topological polar surface area (TPSA) is 139 Å². The van der Waals surface area contributed by atoms with Crippen molar-refractivity contribution in [1.29, 1.82) is 0 Å². The average molecular weight is 342 g/mol. The number of ether oxygens (including phenoxy) is 1. The zero-order valence-corrected chi connectivity index (χ0v) is 14.0. The van der Waals surface area contributed by atoms with Crippen LogP contribution in [0.5, 0.6) is 0 Å². The number of carbonyl (C=O) groups excluding carboxylic acids is 1. The van der Waals surface area contributed by atoms with Crippen molar-refractivity contribution in [3.8, 4) is 0 Å². The Morgan fingerprint density at radius 2 is 1.54 bits per heavy atom. The molecule has 0 fully saturated rings. The van der Waals surface area contributed by atoms with Crippen LogP contribution in [-0.2, 0) is 27.3 Å². The minimum Gasteiger partial charge on any atom is -0.481 e. The number of benzene rings is 1. The van der Waals surface area contributed by atoms with Crippen molar-refractivity contribution in [3.63, 3.8) is 0 Å². The van der Waals surface area contributed by atoms with Crippen molar-refractivity contribution < 1.29 is 29.3 Å². The summed E-state index contributed by atoms with van der Waals surface area (Å²) in [5, 5.41) is 19.2. The number of aliphatic carboxylic acids is 1. The second-order valence-electron chi connectivity index (χ2n) is 3.91. The Hall–Kier alpha value is -2.87. The van der Waals surface area contributed by atoms with Gasteiger partial charge < -0.3 is 26.0 Å². The van der Waals surface area contributed by atoms with Gasteiger partial charge in [-0.3, -0.25) is 9.59 Å². The predicted molar refractivity (Wildman–Crippen MR) is 91.7 cm³/mol. The van der Waals surface area contributed by atoms with Crippen molar-refractivity contribution in [2.45, 2.75) is 19.4 Å². The van der Waals surface area contributed by atoms with Gasteiger partial charge in [0.25, 0.3) is 0 Å². The second-order valence-corrected chi connectivity index (χ2v) is 3.91. The molecule has 0 saturated carbocycles. The molecule has 0 unspecified atom stereocenters. The molecule has 0 bridgehead atoms. The summed E-state index contributed by atoms with van der Waals surface area (Å²) in [5.41, 5.74) is 5.95. The summed E-state index contributed by atoms with van der Waals surface area (Å²) in [4.78, 5) is 29.2. The Kier molecular flexibility index (Phi) is 21.8. The molecule has 1 aromatic carbocycles. The van der Waals surface area contributed by atoms with E-state index in [0.717, 1.165) is 11.1 Å². The maximum absolute atomic E-state index is 10.3. The SMILES string of the molecule is C=C.COC.NC=O.O=C(O)CCc1ccc(CNC(=O)O)cc1. The number of hydrogen-bond acceptors (Lipinski definition) is 4. The lowest BCUT2D eigenvalue weighted by Gasteiger charge is -2.03. The molecule has 0 radical (unpaired) electrons. The van der Waals surface area contributed by atoms with Crippen LogP contribution < -0.4 is 11.1 Å². The van der Waals surface area contributed by atoms with E-state index in [1.807, 2.05) is 12.1 Å². The minimum atomic E-state index is -1.06. The lowest BCUT2D eigenvalue weighted by Crippen LogP contribution is -2.19. The lowest BCUT2D eigenvalue weighted by atomic mass is 10.1. The molecule has 0 spiro atoms. The highest BCUT2D eigenvalue weighted by molar-refractivity contribution is 5.67. The average Bonchev–Trinajstić information content (AvgIpc) is 2.55. The zero-order valence-electron chi connectivity index (χ0n) is 14.0. The molecule has 8 nitrogen and oxygen atoms in total. The smallest absolute Gasteiger partial charge is 0.404 e. The number of amides is 2. The van der Waals surface area contributed by atoms with E-state index in [-0.39, 0.29) is 19.4 Å². The second kappa shape index (κ2) is 20.1. The van der Waals surface area contributed by atoms with Crippen LogP contribution in [0.1, 0.15) is 17.5 Å². The van der Waals surface area contributed by atoms with E-state index >= 15 is 0 Å². The Balaban J connectivity index is -0.000000470. The first-order valence-electron chi connectivity index (χ1n) is 6.73. The van der Waals surface area contributed by atoms with Crippen molar-refractivity contribution in [1.82, 2.24) is 5.32 Å². The van der Waals surface area contributed by atoms with Crippen LogP contribution in [-0.4, -0.2) is 42.9 Å². The van der Waals surface area contributed by atoms with Crippen LogP contribution in [0, 0.1) is 0 Å².